The average molecular weight is 388 g/mol. The molecule has 1 saturated heterocycles. The zero-order valence-corrected chi connectivity index (χ0v) is 14.7. The predicted octanol–water partition coefficient (Wildman–Crippen LogP) is 0.954. The highest BCUT2D eigenvalue weighted by Crippen LogP contribution is 2.24. The van der Waals surface area contributed by atoms with Crippen LogP contribution in [-0.2, 0) is 6.54 Å². The van der Waals surface area contributed by atoms with Gasteiger partial charge in [0.25, 0.3) is 5.91 Å². The summed E-state index contributed by atoms with van der Waals surface area (Å²) in [5.74, 6) is -0.660. The Labute approximate surface area is 152 Å². The van der Waals surface area contributed by atoms with Crippen LogP contribution in [0.15, 0.2) is 23.7 Å². The molecule has 2 aromatic heterocycles. The fraction of sp³-hybridized carbons (Fsp3) is 0.533. The van der Waals surface area contributed by atoms with Crippen LogP contribution in [0.25, 0.3) is 0 Å². The van der Waals surface area contributed by atoms with Crippen molar-refractivity contribution in [2.75, 3.05) is 32.7 Å². The summed E-state index contributed by atoms with van der Waals surface area (Å²) in [7, 11) is 0. The maximum absolute atomic E-state index is 13.3. The molecule has 0 aliphatic carbocycles. The van der Waals surface area contributed by atoms with Gasteiger partial charge in [0.1, 0.15) is 6.04 Å². The number of hydrogen-bond donors (Lipinski definition) is 2. The number of piperazine rings is 1. The minimum absolute atomic E-state index is 0.00258. The molecule has 1 fully saturated rings. The molecule has 7 nitrogen and oxygen atoms in total. The van der Waals surface area contributed by atoms with Crippen molar-refractivity contribution in [2.45, 2.75) is 18.8 Å². The molecular weight excluding hydrogens is 369 g/mol. The smallest absolute Gasteiger partial charge is 0.349 e. The van der Waals surface area contributed by atoms with Gasteiger partial charge in [0.05, 0.1) is 12.7 Å². The predicted molar refractivity (Wildman–Crippen MR) is 90.1 cm³/mol. The Morgan fingerprint density at radius 2 is 2.15 bits per heavy atom. The molecule has 142 valence electrons. The molecule has 0 bridgehead atoms. The molecule has 0 aromatic carbocycles. The molecule has 1 aliphatic heterocycles. The van der Waals surface area contributed by atoms with Crippen LogP contribution < -0.4 is 10.6 Å². The second kappa shape index (κ2) is 8.14. The van der Waals surface area contributed by atoms with Gasteiger partial charge in [-0.3, -0.25) is 9.69 Å². The second-order valence-corrected chi connectivity index (χ2v) is 6.97. The van der Waals surface area contributed by atoms with Crippen LogP contribution in [0.2, 0.25) is 0 Å². The monoisotopic (exact) mass is 388 g/mol. The molecule has 1 unspecified atom stereocenters. The highest BCUT2D eigenvalue weighted by molar-refractivity contribution is 7.09. The largest absolute Gasteiger partial charge is 0.405 e. The molecule has 1 atom stereocenters. The third-order valence-electron chi connectivity index (χ3n) is 4.10. The Kier molecular flexibility index (Phi) is 5.89. The van der Waals surface area contributed by atoms with E-state index in [9.17, 15) is 18.0 Å². The molecule has 11 heteroatoms. The highest BCUT2D eigenvalue weighted by atomic mass is 32.1. The number of nitrogens with one attached hydrogen (secondary N) is 2. The van der Waals surface area contributed by atoms with Crippen molar-refractivity contribution in [3.8, 4) is 0 Å². The number of rotatable bonds is 6. The zero-order chi connectivity index (χ0) is 18.6. The first kappa shape index (κ1) is 18.8. The Morgan fingerprint density at radius 1 is 1.38 bits per heavy atom. The lowest BCUT2D eigenvalue weighted by Crippen LogP contribution is -2.57. The van der Waals surface area contributed by atoms with Crippen molar-refractivity contribution in [1.29, 1.82) is 0 Å². The summed E-state index contributed by atoms with van der Waals surface area (Å²) in [6.45, 7) is 1.52. The topological polar surface area (TPSA) is 75.1 Å². The van der Waals surface area contributed by atoms with E-state index in [1.54, 1.807) is 11.3 Å². The maximum atomic E-state index is 13.3. The van der Waals surface area contributed by atoms with E-state index in [4.69, 9.17) is 0 Å². The summed E-state index contributed by atoms with van der Waals surface area (Å²) in [5, 5.41) is 14.9. The summed E-state index contributed by atoms with van der Waals surface area (Å²) in [4.78, 5) is 14.5. The molecule has 1 aliphatic rings. The van der Waals surface area contributed by atoms with Crippen molar-refractivity contribution in [3.63, 3.8) is 0 Å². The molecule has 0 radical (unpaired) electrons. The first-order valence-electron chi connectivity index (χ1n) is 8.15. The quantitative estimate of drug-likeness (QED) is 0.771. The van der Waals surface area contributed by atoms with Crippen molar-refractivity contribution in [1.82, 2.24) is 30.5 Å². The molecule has 3 heterocycles. The van der Waals surface area contributed by atoms with E-state index in [1.807, 2.05) is 17.5 Å². The van der Waals surface area contributed by atoms with E-state index in [2.05, 4.69) is 20.9 Å². The third-order valence-corrected chi connectivity index (χ3v) is 4.96. The van der Waals surface area contributed by atoms with Gasteiger partial charge in [-0.25, -0.2) is 4.68 Å². The van der Waals surface area contributed by atoms with E-state index in [-0.39, 0.29) is 18.8 Å². The number of hydrogen-bond acceptors (Lipinski definition) is 6. The Morgan fingerprint density at radius 3 is 2.81 bits per heavy atom. The van der Waals surface area contributed by atoms with Gasteiger partial charge in [-0.05, 0) is 11.4 Å². The molecule has 3 rings (SSSR count). The van der Waals surface area contributed by atoms with Crippen molar-refractivity contribution < 1.29 is 18.0 Å². The first-order chi connectivity index (χ1) is 12.4. The van der Waals surface area contributed by atoms with Crippen LogP contribution in [-0.4, -0.2) is 70.7 Å². The van der Waals surface area contributed by atoms with E-state index in [1.165, 1.54) is 15.8 Å². The third kappa shape index (κ3) is 4.80. The zero-order valence-electron chi connectivity index (χ0n) is 13.9. The SMILES string of the molecule is O=C(NCC(N1CCNCC1)C(F)(F)F)c1cn(Cc2cccs2)nn1. The van der Waals surface area contributed by atoms with E-state index in [0.717, 1.165) is 4.88 Å². The second-order valence-electron chi connectivity index (χ2n) is 5.93. The number of amides is 1. The lowest BCUT2D eigenvalue weighted by atomic mass is 10.2. The lowest BCUT2D eigenvalue weighted by Gasteiger charge is -2.35. The summed E-state index contributed by atoms with van der Waals surface area (Å²) in [5.41, 5.74) is 0.00258. The fourth-order valence-electron chi connectivity index (χ4n) is 2.77. The Balaban J connectivity index is 1.58. The average Bonchev–Trinajstić information content (AvgIpc) is 3.27. The van der Waals surface area contributed by atoms with Crippen LogP contribution >= 0.6 is 11.3 Å². The highest BCUT2D eigenvalue weighted by Gasteiger charge is 2.43. The van der Waals surface area contributed by atoms with Crippen molar-refractivity contribution in [2.24, 2.45) is 0 Å². The number of halogens is 3. The summed E-state index contributed by atoms with van der Waals surface area (Å²) in [6, 6.07) is 2.11. The van der Waals surface area contributed by atoms with Crippen LogP contribution in [0, 0.1) is 0 Å². The van der Waals surface area contributed by atoms with Gasteiger partial charge in [0.2, 0.25) is 0 Å². The van der Waals surface area contributed by atoms with Crippen molar-refractivity contribution >= 4 is 17.2 Å². The van der Waals surface area contributed by atoms with E-state index >= 15 is 0 Å². The number of carbonyl (C=O) groups excluding carboxylic acids is 1. The van der Waals surface area contributed by atoms with Gasteiger partial charge in [0.15, 0.2) is 5.69 Å². The molecule has 2 aromatic rings. The standard InChI is InChI=1S/C15H19F3N6OS/c16-15(17,18)13(23-5-3-19-4-6-23)8-20-14(25)12-10-24(22-21-12)9-11-2-1-7-26-11/h1-2,7,10,13,19H,3-6,8-9H2,(H,20,25). The normalized spacial score (nSPS) is 17.2. The van der Waals surface area contributed by atoms with Gasteiger partial charge in [0, 0.05) is 37.6 Å². The molecule has 2 N–H and O–H groups in total. The van der Waals surface area contributed by atoms with Crippen LogP contribution in [0.5, 0.6) is 0 Å². The Hall–Kier alpha value is -1.98. The molecule has 1 amide bonds. The summed E-state index contributed by atoms with van der Waals surface area (Å²) in [6.07, 6.45) is -2.98. The Bertz CT molecular complexity index is 711. The van der Waals surface area contributed by atoms with E-state index in [0.29, 0.717) is 19.6 Å². The number of nitrogens with zero attached hydrogens (tertiary/aromatic N) is 4. The molecule has 0 spiro atoms. The maximum Gasteiger partial charge on any atom is 0.405 e. The minimum atomic E-state index is -4.42. The molecular formula is C15H19F3N6OS. The number of thiophene rings is 1. The number of alkyl halides is 3. The minimum Gasteiger partial charge on any atom is -0.349 e. The fourth-order valence-corrected chi connectivity index (χ4v) is 3.46. The molecule has 0 saturated carbocycles. The number of aromatic nitrogens is 3. The van der Waals surface area contributed by atoms with Gasteiger partial charge < -0.3 is 10.6 Å². The molecule has 26 heavy (non-hydrogen) atoms. The van der Waals surface area contributed by atoms with Crippen LogP contribution in [0.4, 0.5) is 13.2 Å². The lowest BCUT2D eigenvalue weighted by molar-refractivity contribution is -0.183. The summed E-state index contributed by atoms with van der Waals surface area (Å²) >= 11 is 1.54. The van der Waals surface area contributed by atoms with Gasteiger partial charge in [-0.1, -0.05) is 11.3 Å². The van der Waals surface area contributed by atoms with Crippen LogP contribution in [0.3, 0.4) is 0 Å². The van der Waals surface area contributed by atoms with Gasteiger partial charge >= 0.3 is 6.18 Å². The number of carbonyl (C=O) groups is 1. The van der Waals surface area contributed by atoms with Crippen LogP contribution in [0.1, 0.15) is 15.4 Å². The van der Waals surface area contributed by atoms with Crippen molar-refractivity contribution in [3.05, 3.63) is 34.3 Å². The summed E-state index contributed by atoms with van der Waals surface area (Å²) < 4.78 is 41.5. The van der Waals surface area contributed by atoms with E-state index < -0.39 is 24.7 Å². The van der Waals surface area contributed by atoms with Gasteiger partial charge in [-0.15, -0.1) is 16.4 Å². The van der Waals surface area contributed by atoms with Gasteiger partial charge in [-0.2, -0.15) is 13.2 Å². The first-order valence-corrected chi connectivity index (χ1v) is 9.03.